The van der Waals surface area contributed by atoms with Gasteiger partial charge >= 0.3 is 0 Å². The molecular weight excluding hydrogens is 380 g/mol. The first kappa shape index (κ1) is 23.6. The van der Waals surface area contributed by atoms with Gasteiger partial charge in [-0.05, 0) is 19.8 Å². The van der Waals surface area contributed by atoms with Crippen LogP contribution < -0.4 is 5.73 Å². The van der Waals surface area contributed by atoms with E-state index in [0.717, 1.165) is 6.42 Å². The highest BCUT2D eigenvalue weighted by Crippen LogP contribution is 2.19. The molecule has 0 aliphatic carbocycles. The van der Waals surface area contributed by atoms with Crippen molar-refractivity contribution in [1.29, 1.82) is 0 Å². The zero-order valence-electron chi connectivity index (χ0n) is 16.1. The van der Waals surface area contributed by atoms with Gasteiger partial charge in [0.25, 0.3) is 10.2 Å². The Labute approximate surface area is 163 Å². The molecule has 2 fully saturated rings. The SMILES string of the molecule is CCC(C)C(N)C(=O)N1CCN(S(=O)(=O)N2CC(C)OC(C)C2)CC1.Cl. The van der Waals surface area contributed by atoms with Gasteiger partial charge in [-0.15, -0.1) is 12.4 Å². The molecule has 0 bridgehead atoms. The van der Waals surface area contributed by atoms with Gasteiger partial charge in [-0.2, -0.15) is 17.0 Å². The molecule has 4 atom stereocenters. The van der Waals surface area contributed by atoms with Gasteiger partial charge < -0.3 is 15.4 Å². The summed E-state index contributed by atoms with van der Waals surface area (Å²) in [6.45, 7) is 9.85. The first-order chi connectivity index (χ1) is 11.7. The Morgan fingerprint density at radius 2 is 1.62 bits per heavy atom. The lowest BCUT2D eigenvalue weighted by Crippen LogP contribution is -2.59. The number of ether oxygens (including phenoxy) is 1. The number of morpholine rings is 1. The van der Waals surface area contributed by atoms with Crippen molar-refractivity contribution in [2.24, 2.45) is 11.7 Å². The van der Waals surface area contributed by atoms with Crippen molar-refractivity contribution in [2.45, 2.75) is 52.4 Å². The summed E-state index contributed by atoms with van der Waals surface area (Å²) >= 11 is 0. The number of amides is 1. The molecule has 0 aromatic carbocycles. The van der Waals surface area contributed by atoms with Gasteiger partial charge in [-0.1, -0.05) is 20.3 Å². The quantitative estimate of drug-likeness (QED) is 0.699. The molecule has 4 unspecified atom stereocenters. The topological polar surface area (TPSA) is 96.2 Å². The summed E-state index contributed by atoms with van der Waals surface area (Å²) in [6.07, 6.45) is 0.610. The summed E-state index contributed by atoms with van der Waals surface area (Å²) in [5.41, 5.74) is 6.02. The smallest absolute Gasteiger partial charge is 0.282 e. The number of carbonyl (C=O) groups is 1. The minimum Gasteiger partial charge on any atom is -0.373 e. The molecule has 2 heterocycles. The maximum absolute atomic E-state index is 12.9. The first-order valence-electron chi connectivity index (χ1n) is 9.11. The van der Waals surface area contributed by atoms with Crippen LogP contribution >= 0.6 is 12.4 Å². The van der Waals surface area contributed by atoms with Gasteiger partial charge in [-0.25, -0.2) is 0 Å². The molecule has 0 saturated carbocycles. The Balaban J connectivity index is 0.00000338. The molecule has 154 valence electrons. The van der Waals surface area contributed by atoms with Crippen molar-refractivity contribution >= 4 is 28.5 Å². The van der Waals surface area contributed by atoms with Crippen LogP contribution in [-0.4, -0.2) is 85.4 Å². The van der Waals surface area contributed by atoms with E-state index in [0.29, 0.717) is 39.3 Å². The summed E-state index contributed by atoms with van der Waals surface area (Å²) in [5.74, 6) is 0.0330. The summed E-state index contributed by atoms with van der Waals surface area (Å²) in [4.78, 5) is 14.1. The molecule has 2 N–H and O–H groups in total. The fourth-order valence-electron chi connectivity index (χ4n) is 3.33. The second-order valence-corrected chi connectivity index (χ2v) is 9.15. The van der Waals surface area contributed by atoms with E-state index in [4.69, 9.17) is 10.5 Å². The van der Waals surface area contributed by atoms with Crippen LogP contribution in [-0.2, 0) is 19.7 Å². The molecular formula is C16H33ClN4O4S. The summed E-state index contributed by atoms with van der Waals surface area (Å²) in [7, 11) is -3.52. The maximum Gasteiger partial charge on any atom is 0.282 e. The first-order valence-corrected chi connectivity index (χ1v) is 10.5. The third-order valence-corrected chi connectivity index (χ3v) is 7.10. The van der Waals surface area contributed by atoms with Crippen molar-refractivity contribution in [3.05, 3.63) is 0 Å². The number of rotatable bonds is 5. The van der Waals surface area contributed by atoms with Crippen LogP contribution in [0.25, 0.3) is 0 Å². The molecule has 0 aromatic rings. The Morgan fingerprint density at radius 1 is 1.12 bits per heavy atom. The van der Waals surface area contributed by atoms with E-state index in [1.54, 1.807) is 4.90 Å². The molecule has 2 rings (SSSR count). The Morgan fingerprint density at radius 3 is 2.08 bits per heavy atom. The molecule has 0 radical (unpaired) electrons. The molecule has 1 amide bonds. The van der Waals surface area contributed by atoms with Crippen molar-refractivity contribution in [3.63, 3.8) is 0 Å². The molecule has 8 nitrogen and oxygen atoms in total. The monoisotopic (exact) mass is 412 g/mol. The van der Waals surface area contributed by atoms with Gasteiger partial charge in [-0.3, -0.25) is 4.79 Å². The summed E-state index contributed by atoms with van der Waals surface area (Å²) < 4.78 is 34.3. The molecule has 0 aromatic heterocycles. The normalized spacial score (nSPS) is 28.3. The fourth-order valence-corrected chi connectivity index (χ4v) is 5.08. The Kier molecular flexibility index (Phi) is 8.76. The molecule has 2 aliphatic heterocycles. The van der Waals surface area contributed by atoms with Gasteiger partial charge in [0.05, 0.1) is 18.2 Å². The van der Waals surface area contributed by atoms with Crippen LogP contribution in [0.2, 0.25) is 0 Å². The third kappa shape index (κ3) is 5.30. The van der Waals surface area contributed by atoms with E-state index in [1.807, 2.05) is 27.7 Å². The summed E-state index contributed by atoms with van der Waals surface area (Å²) in [6, 6.07) is -0.519. The third-order valence-electron chi connectivity index (χ3n) is 5.13. The number of nitrogens with two attached hydrogens (primary N) is 1. The van der Waals surface area contributed by atoms with E-state index >= 15 is 0 Å². The second-order valence-electron chi connectivity index (χ2n) is 7.22. The number of hydrogen-bond acceptors (Lipinski definition) is 5. The van der Waals surface area contributed by atoms with Gasteiger partial charge in [0.1, 0.15) is 0 Å². The van der Waals surface area contributed by atoms with Crippen LogP contribution in [0.15, 0.2) is 0 Å². The van der Waals surface area contributed by atoms with Crippen LogP contribution in [0, 0.1) is 5.92 Å². The molecule has 0 spiro atoms. The van der Waals surface area contributed by atoms with E-state index < -0.39 is 16.3 Å². The van der Waals surface area contributed by atoms with Gasteiger partial charge in [0.15, 0.2) is 0 Å². The number of halogens is 1. The van der Waals surface area contributed by atoms with E-state index in [2.05, 4.69) is 0 Å². The fraction of sp³-hybridized carbons (Fsp3) is 0.938. The lowest BCUT2D eigenvalue weighted by atomic mass is 9.99. The van der Waals surface area contributed by atoms with Gasteiger partial charge in [0.2, 0.25) is 5.91 Å². The van der Waals surface area contributed by atoms with Crippen LogP contribution in [0.1, 0.15) is 34.1 Å². The molecule has 2 saturated heterocycles. The van der Waals surface area contributed by atoms with Crippen molar-refractivity contribution in [1.82, 2.24) is 13.5 Å². The average Bonchev–Trinajstić information content (AvgIpc) is 2.59. The predicted octanol–water partition coefficient (Wildman–Crippen LogP) is 0.280. The van der Waals surface area contributed by atoms with Crippen molar-refractivity contribution < 1.29 is 17.9 Å². The van der Waals surface area contributed by atoms with Crippen molar-refractivity contribution in [2.75, 3.05) is 39.3 Å². The highest BCUT2D eigenvalue weighted by Gasteiger charge is 2.38. The molecule has 2 aliphatic rings. The van der Waals surface area contributed by atoms with Gasteiger partial charge in [0, 0.05) is 39.3 Å². The highest BCUT2D eigenvalue weighted by atomic mass is 35.5. The van der Waals surface area contributed by atoms with Crippen LogP contribution in [0.3, 0.4) is 0 Å². The van der Waals surface area contributed by atoms with E-state index in [1.165, 1.54) is 8.61 Å². The number of hydrogen-bond donors (Lipinski definition) is 1. The predicted molar refractivity (Wildman–Crippen MR) is 103 cm³/mol. The minimum absolute atomic E-state index is 0. The second kappa shape index (κ2) is 9.66. The lowest BCUT2D eigenvalue weighted by molar-refractivity contribution is -0.135. The maximum atomic E-state index is 12.9. The largest absolute Gasteiger partial charge is 0.373 e. The number of piperazine rings is 1. The Bertz CT molecular complexity index is 559. The zero-order valence-corrected chi connectivity index (χ0v) is 17.8. The lowest BCUT2D eigenvalue weighted by Gasteiger charge is -2.40. The Hall–Kier alpha value is -0.450. The van der Waals surface area contributed by atoms with Crippen LogP contribution in [0.5, 0.6) is 0 Å². The summed E-state index contributed by atoms with van der Waals surface area (Å²) in [5, 5.41) is 0. The van der Waals surface area contributed by atoms with E-state index in [-0.39, 0.29) is 36.4 Å². The molecule has 26 heavy (non-hydrogen) atoms. The van der Waals surface area contributed by atoms with Crippen molar-refractivity contribution in [3.8, 4) is 0 Å². The highest BCUT2D eigenvalue weighted by molar-refractivity contribution is 7.86. The number of nitrogens with zero attached hydrogens (tertiary/aromatic N) is 3. The zero-order chi connectivity index (χ0) is 18.8. The van der Waals surface area contributed by atoms with E-state index in [9.17, 15) is 13.2 Å². The van der Waals surface area contributed by atoms with Crippen LogP contribution in [0.4, 0.5) is 0 Å². The standard InChI is InChI=1S/C16H32N4O4S.ClH/c1-5-12(2)15(17)16(21)18-6-8-19(9-7-18)25(22,23)20-10-13(3)24-14(4)11-20;/h12-15H,5-11,17H2,1-4H3;1H. The average molecular weight is 413 g/mol. The molecule has 10 heteroatoms. The minimum atomic E-state index is -3.52. The number of carbonyl (C=O) groups excluding carboxylic acids is 1.